The van der Waals surface area contributed by atoms with E-state index >= 15 is 0 Å². The Balaban J connectivity index is 4.79. The van der Waals surface area contributed by atoms with Gasteiger partial charge in [-0.25, -0.2) is 0 Å². The molecule has 2 atom stereocenters. The Bertz CT molecular complexity index is 325. The highest BCUT2D eigenvalue weighted by atomic mass is 16.4. The van der Waals surface area contributed by atoms with Gasteiger partial charge in [0.05, 0.1) is 5.41 Å². The molecule has 0 aliphatic carbocycles. The van der Waals surface area contributed by atoms with Crippen molar-refractivity contribution >= 4 is 11.9 Å². The van der Waals surface area contributed by atoms with Gasteiger partial charge in [0.25, 0.3) is 0 Å². The number of hydrogen-bond donors (Lipinski definition) is 1. The van der Waals surface area contributed by atoms with Crippen LogP contribution in [0.15, 0.2) is 0 Å². The van der Waals surface area contributed by atoms with Gasteiger partial charge >= 0.3 is 5.97 Å². The number of carbonyl (C=O) groups is 2. The Kier molecular flexibility index (Phi) is 6.53. The van der Waals surface area contributed by atoms with Crippen molar-refractivity contribution in [3.63, 3.8) is 0 Å². The molecular weight excluding hydrogens is 242 g/mol. The number of nitrogens with zero attached hydrogens (tertiary/aromatic N) is 1. The molecule has 0 fully saturated rings. The first-order valence-corrected chi connectivity index (χ1v) is 7.01. The maximum absolute atomic E-state index is 12.3. The molecule has 0 radical (unpaired) electrons. The highest BCUT2D eigenvalue weighted by Crippen LogP contribution is 2.32. The van der Waals surface area contributed by atoms with Gasteiger partial charge in [-0.2, -0.15) is 0 Å². The molecule has 1 N–H and O–H groups in total. The van der Waals surface area contributed by atoms with Crippen LogP contribution in [0, 0.1) is 17.3 Å². The SMILES string of the molecule is CC(C)CC(C)N(C)C(=O)CC(C)(C(=O)O)C(C)C. The number of rotatable bonds is 7. The average Bonchev–Trinajstić information content (AvgIpc) is 2.25. The van der Waals surface area contributed by atoms with Crippen LogP contribution in [0.5, 0.6) is 0 Å². The van der Waals surface area contributed by atoms with E-state index < -0.39 is 11.4 Å². The predicted octanol–water partition coefficient (Wildman–Crippen LogP) is 3.02. The Hall–Kier alpha value is -1.06. The fourth-order valence-electron chi connectivity index (χ4n) is 2.05. The molecule has 0 heterocycles. The molecule has 2 unspecified atom stereocenters. The zero-order chi connectivity index (χ0) is 15.4. The van der Waals surface area contributed by atoms with Gasteiger partial charge in [-0.05, 0) is 32.1 Å². The van der Waals surface area contributed by atoms with Crippen LogP contribution in [-0.4, -0.2) is 35.0 Å². The third kappa shape index (κ3) is 4.84. The first kappa shape index (κ1) is 17.9. The molecule has 0 aliphatic rings. The van der Waals surface area contributed by atoms with E-state index in [-0.39, 0.29) is 24.3 Å². The van der Waals surface area contributed by atoms with E-state index in [1.54, 1.807) is 18.9 Å². The average molecular weight is 271 g/mol. The lowest BCUT2D eigenvalue weighted by Crippen LogP contribution is -2.42. The minimum atomic E-state index is -0.997. The van der Waals surface area contributed by atoms with Crippen LogP contribution >= 0.6 is 0 Å². The Morgan fingerprint density at radius 2 is 1.63 bits per heavy atom. The normalized spacial score (nSPS) is 16.3. The summed E-state index contributed by atoms with van der Waals surface area (Å²) in [5.41, 5.74) is -0.997. The molecule has 4 heteroatoms. The molecule has 1 amide bonds. The second kappa shape index (κ2) is 6.92. The summed E-state index contributed by atoms with van der Waals surface area (Å²) in [5, 5.41) is 9.35. The third-order valence-corrected chi connectivity index (χ3v) is 4.15. The van der Waals surface area contributed by atoms with E-state index in [1.165, 1.54) is 0 Å². The Morgan fingerprint density at radius 3 is 1.95 bits per heavy atom. The van der Waals surface area contributed by atoms with E-state index in [2.05, 4.69) is 13.8 Å². The molecule has 0 aromatic carbocycles. The Labute approximate surface area is 117 Å². The van der Waals surface area contributed by atoms with E-state index in [1.807, 2.05) is 20.8 Å². The van der Waals surface area contributed by atoms with E-state index in [4.69, 9.17) is 0 Å². The molecule has 4 nitrogen and oxygen atoms in total. The molecule has 112 valence electrons. The van der Waals surface area contributed by atoms with E-state index in [0.717, 1.165) is 6.42 Å². The van der Waals surface area contributed by atoms with Crippen LogP contribution < -0.4 is 0 Å². The van der Waals surface area contributed by atoms with Gasteiger partial charge in [-0.1, -0.05) is 27.7 Å². The van der Waals surface area contributed by atoms with E-state index in [0.29, 0.717) is 5.92 Å². The van der Waals surface area contributed by atoms with Crippen LogP contribution in [-0.2, 0) is 9.59 Å². The van der Waals surface area contributed by atoms with Crippen LogP contribution in [0.4, 0.5) is 0 Å². The summed E-state index contributed by atoms with van der Waals surface area (Å²) in [5.74, 6) is -0.559. The molecule has 0 aromatic rings. The van der Waals surface area contributed by atoms with Gasteiger partial charge in [0.1, 0.15) is 0 Å². The molecule has 0 rings (SSSR count). The fraction of sp³-hybridized carbons (Fsp3) is 0.867. The van der Waals surface area contributed by atoms with Crippen LogP contribution in [0.3, 0.4) is 0 Å². The summed E-state index contributed by atoms with van der Waals surface area (Å²) in [6.45, 7) is 11.6. The summed E-state index contributed by atoms with van der Waals surface area (Å²) in [6.07, 6.45) is 0.979. The number of hydrogen-bond acceptors (Lipinski definition) is 2. The minimum Gasteiger partial charge on any atom is -0.481 e. The van der Waals surface area contributed by atoms with Crippen molar-refractivity contribution in [1.82, 2.24) is 4.90 Å². The lowest BCUT2D eigenvalue weighted by molar-refractivity contribution is -0.155. The van der Waals surface area contributed by atoms with Gasteiger partial charge in [-0.15, -0.1) is 0 Å². The largest absolute Gasteiger partial charge is 0.481 e. The third-order valence-electron chi connectivity index (χ3n) is 4.15. The number of aliphatic carboxylic acids is 1. The van der Waals surface area contributed by atoms with Gasteiger partial charge in [-0.3, -0.25) is 9.59 Å². The molecule has 0 aliphatic heterocycles. The van der Waals surface area contributed by atoms with Crippen LogP contribution in [0.1, 0.15) is 54.4 Å². The zero-order valence-corrected chi connectivity index (χ0v) is 13.4. The van der Waals surface area contributed by atoms with Crippen LogP contribution in [0.25, 0.3) is 0 Å². The van der Waals surface area contributed by atoms with Crippen LogP contribution in [0.2, 0.25) is 0 Å². The molecule has 0 saturated heterocycles. The minimum absolute atomic E-state index is 0.0545. The summed E-state index contributed by atoms with van der Waals surface area (Å²) in [6, 6.07) is 0.137. The molecule has 0 spiro atoms. The lowest BCUT2D eigenvalue weighted by Gasteiger charge is -2.33. The lowest BCUT2D eigenvalue weighted by atomic mass is 9.76. The molecule has 0 bridgehead atoms. The van der Waals surface area contributed by atoms with Gasteiger partial charge in [0.2, 0.25) is 5.91 Å². The van der Waals surface area contributed by atoms with E-state index in [9.17, 15) is 14.7 Å². The zero-order valence-electron chi connectivity index (χ0n) is 13.4. The van der Waals surface area contributed by atoms with Crippen molar-refractivity contribution in [1.29, 1.82) is 0 Å². The van der Waals surface area contributed by atoms with Crippen molar-refractivity contribution < 1.29 is 14.7 Å². The summed E-state index contributed by atoms with van der Waals surface area (Å²) in [4.78, 5) is 25.3. The monoisotopic (exact) mass is 271 g/mol. The second-order valence-electron chi connectivity index (χ2n) is 6.54. The summed E-state index contributed by atoms with van der Waals surface area (Å²) >= 11 is 0. The summed E-state index contributed by atoms with van der Waals surface area (Å²) in [7, 11) is 1.76. The molecule has 0 saturated carbocycles. The molecule has 19 heavy (non-hydrogen) atoms. The topological polar surface area (TPSA) is 57.6 Å². The predicted molar refractivity (Wildman–Crippen MR) is 76.9 cm³/mol. The second-order valence-corrected chi connectivity index (χ2v) is 6.54. The number of carboxylic acids is 1. The van der Waals surface area contributed by atoms with Crippen molar-refractivity contribution in [3.8, 4) is 0 Å². The standard InChI is InChI=1S/C15H29NO3/c1-10(2)8-12(5)16(7)13(17)9-15(6,11(3)4)14(18)19/h10-12H,8-9H2,1-7H3,(H,18,19). The maximum Gasteiger partial charge on any atom is 0.310 e. The molecular formula is C15H29NO3. The highest BCUT2D eigenvalue weighted by Gasteiger charge is 2.39. The fourth-order valence-corrected chi connectivity index (χ4v) is 2.05. The number of amides is 1. The van der Waals surface area contributed by atoms with Gasteiger partial charge < -0.3 is 10.0 Å². The van der Waals surface area contributed by atoms with Crippen molar-refractivity contribution in [2.45, 2.75) is 60.4 Å². The number of carboxylic acid groups (broad SMARTS) is 1. The quantitative estimate of drug-likeness (QED) is 0.774. The molecule has 0 aromatic heterocycles. The van der Waals surface area contributed by atoms with Crippen molar-refractivity contribution in [3.05, 3.63) is 0 Å². The highest BCUT2D eigenvalue weighted by molar-refractivity contribution is 5.85. The number of carbonyl (C=O) groups excluding carboxylic acids is 1. The smallest absolute Gasteiger partial charge is 0.310 e. The first-order valence-electron chi connectivity index (χ1n) is 7.01. The Morgan fingerprint density at radius 1 is 1.16 bits per heavy atom. The summed E-state index contributed by atoms with van der Waals surface area (Å²) < 4.78 is 0. The first-order chi connectivity index (χ1) is 8.52. The van der Waals surface area contributed by atoms with Gasteiger partial charge in [0, 0.05) is 19.5 Å². The maximum atomic E-state index is 12.3. The van der Waals surface area contributed by atoms with Crippen molar-refractivity contribution in [2.75, 3.05) is 7.05 Å². The van der Waals surface area contributed by atoms with Crippen molar-refractivity contribution in [2.24, 2.45) is 17.3 Å². The van der Waals surface area contributed by atoms with Gasteiger partial charge in [0.15, 0.2) is 0 Å².